The molecule has 0 spiro atoms. The van der Waals surface area contributed by atoms with E-state index in [-0.39, 0.29) is 0 Å². The van der Waals surface area contributed by atoms with E-state index in [2.05, 4.69) is 32.0 Å². The number of fused-ring (bicyclic) bond motifs is 1. The van der Waals surface area contributed by atoms with Crippen LogP contribution in [0.15, 0.2) is 34.9 Å². The minimum Gasteiger partial charge on any atom is -0.464 e. The van der Waals surface area contributed by atoms with Crippen LogP contribution in [-0.4, -0.2) is 25.5 Å². The van der Waals surface area contributed by atoms with Gasteiger partial charge in [-0.25, -0.2) is 0 Å². The highest BCUT2D eigenvalue weighted by molar-refractivity contribution is 5.81. The van der Waals surface area contributed by atoms with Gasteiger partial charge in [-0.3, -0.25) is 0 Å². The third kappa shape index (κ3) is 2.21. The van der Waals surface area contributed by atoms with Gasteiger partial charge in [0.25, 0.3) is 0 Å². The number of nitrogens with zero attached hydrogens (tertiary/aromatic N) is 1. The molecule has 1 aromatic heterocycles. The number of hydrogen-bond acceptors (Lipinski definition) is 3. The summed E-state index contributed by atoms with van der Waals surface area (Å²) < 4.78 is 5.61. The van der Waals surface area contributed by atoms with Crippen LogP contribution in [-0.2, 0) is 0 Å². The van der Waals surface area contributed by atoms with E-state index in [1.807, 2.05) is 24.5 Å². The van der Waals surface area contributed by atoms with Crippen LogP contribution in [0.1, 0.15) is 18.5 Å². The van der Waals surface area contributed by atoms with Crippen molar-refractivity contribution in [3.8, 4) is 0 Å². The summed E-state index contributed by atoms with van der Waals surface area (Å²) in [6, 6.07) is 8.43. The van der Waals surface area contributed by atoms with Crippen molar-refractivity contribution in [1.29, 1.82) is 0 Å². The van der Waals surface area contributed by atoms with Crippen LogP contribution in [0, 0.1) is 5.92 Å². The number of nitrogens with two attached hydrogens (primary N) is 1. The zero-order valence-electron chi connectivity index (χ0n) is 10.7. The molecular formula is C14H20N2O. The van der Waals surface area contributed by atoms with Crippen molar-refractivity contribution in [1.82, 2.24) is 4.90 Å². The molecule has 0 aliphatic heterocycles. The van der Waals surface area contributed by atoms with Crippen molar-refractivity contribution in [3.63, 3.8) is 0 Å². The molecule has 0 radical (unpaired) electrons. The molecule has 1 aromatic carbocycles. The summed E-state index contributed by atoms with van der Waals surface area (Å²) >= 11 is 0. The van der Waals surface area contributed by atoms with Gasteiger partial charge in [0.05, 0.1) is 6.26 Å². The molecule has 0 saturated carbocycles. The molecule has 0 amide bonds. The molecule has 92 valence electrons. The molecule has 17 heavy (non-hydrogen) atoms. The fraction of sp³-hybridized carbons (Fsp3) is 0.429. The Kier molecular flexibility index (Phi) is 3.50. The van der Waals surface area contributed by atoms with Crippen LogP contribution in [0.3, 0.4) is 0 Å². The van der Waals surface area contributed by atoms with E-state index in [0.717, 1.165) is 5.58 Å². The van der Waals surface area contributed by atoms with Gasteiger partial charge in [-0.2, -0.15) is 0 Å². The summed E-state index contributed by atoms with van der Waals surface area (Å²) in [6.45, 7) is 2.84. The largest absolute Gasteiger partial charge is 0.464 e. The summed E-state index contributed by atoms with van der Waals surface area (Å²) in [7, 11) is 4.16. The first-order valence-electron chi connectivity index (χ1n) is 5.97. The maximum absolute atomic E-state index is 5.80. The zero-order chi connectivity index (χ0) is 12.4. The standard InChI is InChI=1S/C14H20N2O/c1-10(8-15)14(16(2)3)12-9-17-13-7-5-4-6-11(12)13/h4-7,9-10,14H,8,15H2,1-3H3. The van der Waals surface area contributed by atoms with Gasteiger partial charge in [-0.15, -0.1) is 0 Å². The lowest BCUT2D eigenvalue weighted by Crippen LogP contribution is -2.30. The van der Waals surface area contributed by atoms with Crippen molar-refractivity contribution in [2.24, 2.45) is 11.7 Å². The molecule has 3 nitrogen and oxygen atoms in total. The van der Waals surface area contributed by atoms with E-state index in [1.54, 1.807) is 0 Å². The molecule has 0 fully saturated rings. The molecule has 1 heterocycles. The fourth-order valence-electron chi connectivity index (χ4n) is 2.45. The maximum Gasteiger partial charge on any atom is 0.134 e. The average Bonchev–Trinajstić information content (AvgIpc) is 2.73. The number of rotatable bonds is 4. The summed E-state index contributed by atoms with van der Waals surface area (Å²) in [4.78, 5) is 2.20. The van der Waals surface area contributed by atoms with E-state index >= 15 is 0 Å². The van der Waals surface area contributed by atoms with E-state index < -0.39 is 0 Å². The molecule has 0 bridgehead atoms. The molecule has 2 unspecified atom stereocenters. The Bertz CT molecular complexity index is 490. The summed E-state index contributed by atoms with van der Waals surface area (Å²) in [5.41, 5.74) is 7.97. The van der Waals surface area contributed by atoms with E-state index in [0.29, 0.717) is 18.5 Å². The fourth-order valence-corrected chi connectivity index (χ4v) is 2.45. The van der Waals surface area contributed by atoms with Gasteiger partial charge >= 0.3 is 0 Å². The highest BCUT2D eigenvalue weighted by Crippen LogP contribution is 2.33. The summed E-state index contributed by atoms with van der Waals surface area (Å²) in [5.74, 6) is 0.394. The quantitative estimate of drug-likeness (QED) is 0.881. The second-order valence-corrected chi connectivity index (χ2v) is 4.81. The van der Waals surface area contributed by atoms with Gasteiger partial charge in [0, 0.05) is 17.0 Å². The van der Waals surface area contributed by atoms with Crippen LogP contribution in [0.4, 0.5) is 0 Å². The Labute approximate surface area is 102 Å². The molecule has 2 aromatic rings. The molecule has 2 atom stereocenters. The monoisotopic (exact) mass is 232 g/mol. The Morgan fingerprint density at radius 2 is 2.00 bits per heavy atom. The summed E-state index contributed by atoms with van der Waals surface area (Å²) in [6.07, 6.45) is 1.86. The second-order valence-electron chi connectivity index (χ2n) is 4.81. The van der Waals surface area contributed by atoms with Crippen molar-refractivity contribution in [2.45, 2.75) is 13.0 Å². The molecule has 3 heteroatoms. The Balaban J connectivity index is 2.49. The van der Waals surface area contributed by atoms with Crippen molar-refractivity contribution < 1.29 is 4.42 Å². The number of furan rings is 1. The van der Waals surface area contributed by atoms with Crippen LogP contribution >= 0.6 is 0 Å². The van der Waals surface area contributed by atoms with E-state index in [1.165, 1.54) is 10.9 Å². The topological polar surface area (TPSA) is 42.4 Å². The number of para-hydroxylation sites is 1. The number of hydrogen-bond donors (Lipinski definition) is 1. The lowest BCUT2D eigenvalue weighted by Gasteiger charge is -2.28. The number of benzene rings is 1. The highest BCUT2D eigenvalue weighted by Gasteiger charge is 2.23. The van der Waals surface area contributed by atoms with Crippen molar-refractivity contribution in [2.75, 3.05) is 20.6 Å². The molecule has 0 saturated heterocycles. The lowest BCUT2D eigenvalue weighted by atomic mass is 9.93. The van der Waals surface area contributed by atoms with Crippen LogP contribution < -0.4 is 5.73 Å². The smallest absolute Gasteiger partial charge is 0.134 e. The highest BCUT2D eigenvalue weighted by atomic mass is 16.3. The molecule has 0 aliphatic rings. The van der Waals surface area contributed by atoms with Gasteiger partial charge in [0.2, 0.25) is 0 Å². The van der Waals surface area contributed by atoms with E-state index in [9.17, 15) is 0 Å². The van der Waals surface area contributed by atoms with Crippen molar-refractivity contribution in [3.05, 3.63) is 36.1 Å². The SMILES string of the molecule is CC(CN)C(c1coc2ccccc12)N(C)C. The third-order valence-electron chi connectivity index (χ3n) is 3.30. The van der Waals surface area contributed by atoms with Gasteiger partial charge in [0.1, 0.15) is 5.58 Å². The normalized spacial score (nSPS) is 15.4. The molecule has 0 aliphatic carbocycles. The summed E-state index contributed by atoms with van der Waals surface area (Å²) in [5, 5.41) is 1.19. The van der Waals surface area contributed by atoms with Crippen molar-refractivity contribution >= 4 is 11.0 Å². The third-order valence-corrected chi connectivity index (χ3v) is 3.30. The van der Waals surface area contributed by atoms with Gasteiger partial charge in [-0.05, 0) is 32.6 Å². The van der Waals surface area contributed by atoms with Gasteiger partial charge in [0.15, 0.2) is 0 Å². The first-order valence-corrected chi connectivity index (χ1v) is 5.97. The Hall–Kier alpha value is -1.32. The maximum atomic E-state index is 5.80. The first-order chi connectivity index (χ1) is 8.15. The minimum atomic E-state index is 0.295. The van der Waals surface area contributed by atoms with Crippen LogP contribution in [0.2, 0.25) is 0 Å². The average molecular weight is 232 g/mol. The van der Waals surface area contributed by atoms with E-state index in [4.69, 9.17) is 10.2 Å². The Morgan fingerprint density at radius 3 is 2.65 bits per heavy atom. The minimum absolute atomic E-state index is 0.295. The Morgan fingerprint density at radius 1 is 1.29 bits per heavy atom. The van der Waals surface area contributed by atoms with Gasteiger partial charge < -0.3 is 15.1 Å². The molecule has 2 N–H and O–H groups in total. The van der Waals surface area contributed by atoms with Crippen LogP contribution in [0.5, 0.6) is 0 Å². The molecular weight excluding hydrogens is 212 g/mol. The predicted octanol–water partition coefficient (Wildman–Crippen LogP) is 2.63. The second kappa shape index (κ2) is 4.90. The lowest BCUT2D eigenvalue weighted by molar-refractivity contribution is 0.227. The zero-order valence-corrected chi connectivity index (χ0v) is 10.7. The van der Waals surface area contributed by atoms with Crippen LogP contribution in [0.25, 0.3) is 11.0 Å². The van der Waals surface area contributed by atoms with Gasteiger partial charge in [-0.1, -0.05) is 25.1 Å². The first kappa shape index (κ1) is 12.1. The molecule has 2 rings (SSSR count). The predicted molar refractivity (Wildman–Crippen MR) is 70.9 cm³/mol.